The van der Waals surface area contributed by atoms with E-state index in [1.54, 1.807) is 12.1 Å². The molecule has 33 heavy (non-hydrogen) atoms. The van der Waals surface area contributed by atoms with Crippen LogP contribution < -0.4 is 4.74 Å². The van der Waals surface area contributed by atoms with Crippen LogP contribution in [0.3, 0.4) is 0 Å². The zero-order valence-corrected chi connectivity index (χ0v) is 19.3. The van der Waals surface area contributed by atoms with E-state index in [9.17, 15) is 21.6 Å². The molecule has 0 spiro atoms. The van der Waals surface area contributed by atoms with E-state index in [1.165, 1.54) is 12.4 Å². The van der Waals surface area contributed by atoms with Crippen LogP contribution in [0, 0.1) is 0 Å². The number of aromatic nitrogens is 2. The van der Waals surface area contributed by atoms with Gasteiger partial charge in [0.05, 0.1) is 11.5 Å². The van der Waals surface area contributed by atoms with Gasteiger partial charge in [0.2, 0.25) is 0 Å². The van der Waals surface area contributed by atoms with E-state index in [0.29, 0.717) is 30.2 Å². The molecule has 0 saturated heterocycles. The minimum absolute atomic E-state index is 0.00845. The zero-order chi connectivity index (χ0) is 23.5. The molecule has 0 amide bonds. The van der Waals surface area contributed by atoms with Crippen molar-refractivity contribution >= 4 is 21.4 Å². The van der Waals surface area contributed by atoms with Gasteiger partial charge in [-0.15, -0.1) is 0 Å². The van der Waals surface area contributed by atoms with Crippen LogP contribution in [0.25, 0.3) is 0 Å². The second kappa shape index (κ2) is 9.80. The summed E-state index contributed by atoms with van der Waals surface area (Å²) in [5.74, 6) is -0.0446. The number of alkyl halides is 3. The minimum Gasteiger partial charge on any atom is -0.493 e. The molecule has 0 aliphatic carbocycles. The first kappa shape index (κ1) is 23.7. The molecular weight excluding hydrogens is 473 g/mol. The summed E-state index contributed by atoms with van der Waals surface area (Å²) in [6, 6.07) is 14.0. The molecule has 1 aliphatic rings. The SMILES string of the molecule is O=S(=O)(Cc1ncns1)c1ccc2c(c1)OCC[C@@H]2CC(CCC(F)(F)F)c1ccccc1. The molecule has 0 radical (unpaired) electrons. The van der Waals surface area contributed by atoms with Crippen LogP contribution in [0.2, 0.25) is 0 Å². The Morgan fingerprint density at radius 2 is 1.94 bits per heavy atom. The molecule has 0 fully saturated rings. The largest absolute Gasteiger partial charge is 0.493 e. The lowest BCUT2D eigenvalue weighted by molar-refractivity contribution is -0.136. The highest BCUT2D eigenvalue weighted by atomic mass is 32.2. The Morgan fingerprint density at radius 1 is 1.15 bits per heavy atom. The van der Waals surface area contributed by atoms with Gasteiger partial charge in [0.25, 0.3) is 0 Å². The second-order valence-corrected chi connectivity index (χ2v) is 11.0. The number of ether oxygens (including phenoxy) is 1. The molecule has 5 nitrogen and oxygen atoms in total. The average Bonchev–Trinajstić information content (AvgIpc) is 3.28. The van der Waals surface area contributed by atoms with Crippen LogP contribution in [0.4, 0.5) is 13.2 Å². The molecule has 4 rings (SSSR count). The number of fused-ring (bicyclic) bond motifs is 1. The first-order chi connectivity index (χ1) is 15.7. The lowest BCUT2D eigenvalue weighted by Gasteiger charge is -2.30. The van der Waals surface area contributed by atoms with Gasteiger partial charge in [0.1, 0.15) is 22.8 Å². The predicted octanol–water partition coefficient (Wildman–Crippen LogP) is 5.89. The van der Waals surface area contributed by atoms with Crippen LogP contribution in [-0.2, 0) is 15.6 Å². The van der Waals surface area contributed by atoms with Gasteiger partial charge in [-0.3, -0.25) is 0 Å². The fraction of sp³-hybridized carbons (Fsp3) is 0.391. The summed E-state index contributed by atoms with van der Waals surface area (Å²) < 4.78 is 74.0. The van der Waals surface area contributed by atoms with Crippen molar-refractivity contribution in [3.05, 3.63) is 71.0 Å². The van der Waals surface area contributed by atoms with E-state index in [0.717, 1.165) is 22.7 Å². The standard InChI is InChI=1S/C23H23F3N2O3S2/c24-23(25,26)10-8-17(16-4-2-1-3-5-16)12-18-9-11-31-21-13-19(6-7-20(18)21)33(29,30)14-22-27-15-28-32-22/h1-7,13,15,17-18H,8-12,14H2/t17?,18-/m1/s1. The Labute approximate surface area is 194 Å². The zero-order valence-electron chi connectivity index (χ0n) is 17.7. The number of rotatable bonds is 8. The van der Waals surface area contributed by atoms with Crippen molar-refractivity contribution in [1.82, 2.24) is 9.36 Å². The van der Waals surface area contributed by atoms with Crippen LogP contribution in [0.15, 0.2) is 59.8 Å². The highest BCUT2D eigenvalue weighted by molar-refractivity contribution is 7.90. The molecular formula is C23H23F3N2O3S2. The van der Waals surface area contributed by atoms with Crippen molar-refractivity contribution in [2.75, 3.05) is 6.61 Å². The van der Waals surface area contributed by atoms with Gasteiger partial charge < -0.3 is 4.74 Å². The van der Waals surface area contributed by atoms with Gasteiger partial charge in [-0.05, 0) is 65.9 Å². The number of hydrogen-bond acceptors (Lipinski definition) is 6. The van der Waals surface area contributed by atoms with E-state index >= 15 is 0 Å². The molecule has 176 valence electrons. The summed E-state index contributed by atoms with van der Waals surface area (Å²) in [5, 5.41) is 0.405. The maximum atomic E-state index is 13.0. The Morgan fingerprint density at radius 3 is 2.64 bits per heavy atom. The topological polar surface area (TPSA) is 69.2 Å². The van der Waals surface area contributed by atoms with Gasteiger partial charge in [0.15, 0.2) is 9.84 Å². The summed E-state index contributed by atoms with van der Waals surface area (Å²) in [4.78, 5) is 4.07. The van der Waals surface area contributed by atoms with Gasteiger partial charge in [-0.1, -0.05) is 36.4 Å². The summed E-state index contributed by atoms with van der Waals surface area (Å²) in [6.45, 7) is 0.387. The molecule has 0 saturated carbocycles. The van der Waals surface area contributed by atoms with E-state index in [-0.39, 0.29) is 28.9 Å². The molecule has 2 aromatic carbocycles. The molecule has 1 aromatic heterocycles. The third-order valence-corrected chi connectivity index (χ3v) is 8.31. The number of nitrogens with zero attached hydrogens (tertiary/aromatic N) is 2. The Balaban J connectivity index is 1.56. The van der Waals surface area contributed by atoms with Crippen molar-refractivity contribution < 1.29 is 26.3 Å². The van der Waals surface area contributed by atoms with E-state index in [2.05, 4.69) is 9.36 Å². The Bertz CT molecular complexity index is 1170. The number of hydrogen-bond donors (Lipinski definition) is 0. The predicted molar refractivity (Wildman–Crippen MR) is 119 cm³/mol. The third kappa shape index (κ3) is 6.11. The maximum absolute atomic E-state index is 13.0. The van der Waals surface area contributed by atoms with Crippen LogP contribution in [-0.4, -0.2) is 30.6 Å². The smallest absolute Gasteiger partial charge is 0.389 e. The molecule has 0 N–H and O–H groups in total. The highest BCUT2D eigenvalue weighted by Crippen LogP contribution is 2.43. The van der Waals surface area contributed by atoms with Gasteiger partial charge in [0, 0.05) is 6.42 Å². The maximum Gasteiger partial charge on any atom is 0.389 e. The molecule has 10 heteroatoms. The van der Waals surface area contributed by atoms with Crippen molar-refractivity contribution in [3.8, 4) is 5.75 Å². The molecule has 1 unspecified atom stereocenters. The van der Waals surface area contributed by atoms with Crippen LogP contribution in [0.5, 0.6) is 5.75 Å². The Kier molecular flexibility index (Phi) is 7.04. The lowest BCUT2D eigenvalue weighted by Crippen LogP contribution is -2.18. The monoisotopic (exact) mass is 496 g/mol. The third-order valence-electron chi connectivity index (χ3n) is 5.84. The fourth-order valence-electron chi connectivity index (χ4n) is 4.21. The first-order valence-corrected chi connectivity index (χ1v) is 13.0. The summed E-state index contributed by atoms with van der Waals surface area (Å²) >= 11 is 1.03. The van der Waals surface area contributed by atoms with Crippen molar-refractivity contribution in [2.24, 2.45) is 0 Å². The summed E-state index contributed by atoms with van der Waals surface area (Å²) in [6.07, 6.45) is -2.53. The van der Waals surface area contributed by atoms with Gasteiger partial charge in [-0.25, -0.2) is 13.4 Å². The van der Waals surface area contributed by atoms with Crippen molar-refractivity contribution in [2.45, 2.75) is 54.3 Å². The normalized spacial score (nSPS) is 17.2. The van der Waals surface area contributed by atoms with E-state index < -0.39 is 22.4 Å². The minimum atomic E-state index is -4.21. The first-order valence-electron chi connectivity index (χ1n) is 10.6. The molecule has 3 aromatic rings. The van der Waals surface area contributed by atoms with E-state index in [4.69, 9.17) is 4.74 Å². The number of sulfone groups is 1. The quantitative estimate of drug-likeness (QED) is 0.389. The molecule has 2 heterocycles. The number of halogens is 3. The lowest BCUT2D eigenvalue weighted by atomic mass is 9.80. The van der Waals surface area contributed by atoms with E-state index in [1.807, 2.05) is 30.3 Å². The molecule has 0 bridgehead atoms. The number of benzene rings is 2. The van der Waals surface area contributed by atoms with Crippen LogP contribution >= 0.6 is 11.5 Å². The van der Waals surface area contributed by atoms with Crippen LogP contribution in [0.1, 0.15) is 53.7 Å². The molecule has 2 atom stereocenters. The average molecular weight is 497 g/mol. The van der Waals surface area contributed by atoms with Crippen molar-refractivity contribution in [1.29, 1.82) is 0 Å². The second-order valence-electron chi connectivity index (χ2n) is 8.12. The highest BCUT2D eigenvalue weighted by Gasteiger charge is 2.32. The van der Waals surface area contributed by atoms with Gasteiger partial charge >= 0.3 is 6.18 Å². The van der Waals surface area contributed by atoms with Crippen molar-refractivity contribution in [3.63, 3.8) is 0 Å². The van der Waals surface area contributed by atoms with Gasteiger partial charge in [-0.2, -0.15) is 17.5 Å². The molecule has 1 aliphatic heterocycles. The Hall–Kier alpha value is -2.46. The summed E-state index contributed by atoms with van der Waals surface area (Å²) in [7, 11) is -3.62. The fourth-order valence-corrected chi connectivity index (χ4v) is 6.33. The summed E-state index contributed by atoms with van der Waals surface area (Å²) in [5.41, 5.74) is 1.72.